The molecule has 0 aliphatic heterocycles. The standard InChI is InChI=1S/C14H17Cl2N3O/c1-3-8(2)13(17)14-18-12(19-20-14)7-9-4-5-10(15)11(16)6-9/h4-6,8,13H,3,7,17H2,1-2H3. The van der Waals surface area contributed by atoms with E-state index in [9.17, 15) is 0 Å². The third kappa shape index (κ3) is 3.51. The van der Waals surface area contributed by atoms with Gasteiger partial charge in [-0.2, -0.15) is 4.98 Å². The normalized spacial score (nSPS) is 14.2. The van der Waals surface area contributed by atoms with Gasteiger partial charge in [-0.25, -0.2) is 0 Å². The highest BCUT2D eigenvalue weighted by Crippen LogP contribution is 2.24. The van der Waals surface area contributed by atoms with Gasteiger partial charge in [-0.05, 0) is 23.6 Å². The quantitative estimate of drug-likeness (QED) is 0.905. The number of aromatic nitrogens is 2. The fraction of sp³-hybridized carbons (Fsp3) is 0.429. The van der Waals surface area contributed by atoms with Crippen LogP contribution >= 0.6 is 23.2 Å². The smallest absolute Gasteiger partial charge is 0.243 e. The number of hydrogen-bond donors (Lipinski definition) is 1. The van der Waals surface area contributed by atoms with Crippen molar-refractivity contribution in [1.29, 1.82) is 0 Å². The van der Waals surface area contributed by atoms with Crippen LogP contribution in [0.4, 0.5) is 0 Å². The second-order valence-corrected chi connectivity index (χ2v) is 5.70. The highest BCUT2D eigenvalue weighted by atomic mass is 35.5. The molecule has 6 heteroatoms. The van der Waals surface area contributed by atoms with Crippen LogP contribution in [0.25, 0.3) is 0 Å². The first-order valence-electron chi connectivity index (χ1n) is 6.53. The van der Waals surface area contributed by atoms with Crippen molar-refractivity contribution in [2.24, 2.45) is 11.7 Å². The van der Waals surface area contributed by atoms with Crippen LogP contribution in [0.2, 0.25) is 10.0 Å². The summed E-state index contributed by atoms with van der Waals surface area (Å²) in [7, 11) is 0. The second kappa shape index (κ2) is 6.57. The molecule has 4 nitrogen and oxygen atoms in total. The Labute approximate surface area is 128 Å². The van der Waals surface area contributed by atoms with Crippen molar-refractivity contribution in [1.82, 2.24) is 10.1 Å². The Morgan fingerprint density at radius 3 is 2.70 bits per heavy atom. The molecule has 0 bridgehead atoms. The molecule has 0 aliphatic rings. The van der Waals surface area contributed by atoms with Gasteiger partial charge < -0.3 is 10.3 Å². The zero-order valence-electron chi connectivity index (χ0n) is 11.4. The van der Waals surface area contributed by atoms with E-state index in [1.165, 1.54) is 0 Å². The largest absolute Gasteiger partial charge is 0.338 e. The predicted molar refractivity (Wildman–Crippen MR) is 79.9 cm³/mol. The van der Waals surface area contributed by atoms with Crippen LogP contribution in [0.1, 0.15) is 43.6 Å². The first-order chi connectivity index (χ1) is 9.51. The lowest BCUT2D eigenvalue weighted by molar-refractivity contribution is 0.310. The van der Waals surface area contributed by atoms with Gasteiger partial charge in [-0.15, -0.1) is 0 Å². The molecule has 1 aromatic carbocycles. The van der Waals surface area contributed by atoms with E-state index in [1.807, 2.05) is 6.07 Å². The monoisotopic (exact) mass is 313 g/mol. The Hall–Kier alpha value is -1.10. The van der Waals surface area contributed by atoms with Crippen molar-refractivity contribution in [3.8, 4) is 0 Å². The molecule has 1 heterocycles. The van der Waals surface area contributed by atoms with Gasteiger partial charge in [0.05, 0.1) is 16.1 Å². The van der Waals surface area contributed by atoms with Crippen LogP contribution in [0.15, 0.2) is 22.7 Å². The second-order valence-electron chi connectivity index (χ2n) is 4.89. The van der Waals surface area contributed by atoms with E-state index in [1.54, 1.807) is 12.1 Å². The van der Waals surface area contributed by atoms with E-state index >= 15 is 0 Å². The van der Waals surface area contributed by atoms with E-state index in [2.05, 4.69) is 24.0 Å². The van der Waals surface area contributed by atoms with E-state index in [-0.39, 0.29) is 6.04 Å². The highest BCUT2D eigenvalue weighted by molar-refractivity contribution is 6.42. The van der Waals surface area contributed by atoms with E-state index in [0.29, 0.717) is 34.1 Å². The lowest BCUT2D eigenvalue weighted by Crippen LogP contribution is -2.18. The minimum Gasteiger partial charge on any atom is -0.338 e. The molecule has 0 aliphatic carbocycles. The fourth-order valence-electron chi connectivity index (χ4n) is 1.80. The van der Waals surface area contributed by atoms with Gasteiger partial charge in [0, 0.05) is 6.42 Å². The number of benzene rings is 1. The van der Waals surface area contributed by atoms with Gasteiger partial charge in [-0.3, -0.25) is 0 Å². The van der Waals surface area contributed by atoms with Crippen molar-refractivity contribution >= 4 is 23.2 Å². The minimum absolute atomic E-state index is 0.227. The third-order valence-corrected chi connectivity index (χ3v) is 4.11. The summed E-state index contributed by atoms with van der Waals surface area (Å²) in [5.74, 6) is 1.37. The Morgan fingerprint density at radius 1 is 1.30 bits per heavy atom. The third-order valence-electron chi connectivity index (χ3n) is 3.37. The van der Waals surface area contributed by atoms with Crippen molar-refractivity contribution in [3.05, 3.63) is 45.5 Å². The molecule has 0 radical (unpaired) electrons. The fourth-order valence-corrected chi connectivity index (χ4v) is 2.12. The topological polar surface area (TPSA) is 64.9 Å². The molecule has 0 spiro atoms. The summed E-state index contributed by atoms with van der Waals surface area (Å²) in [6, 6.07) is 5.22. The van der Waals surface area contributed by atoms with Crippen molar-refractivity contribution in [2.75, 3.05) is 0 Å². The van der Waals surface area contributed by atoms with Crippen LogP contribution < -0.4 is 5.73 Å². The van der Waals surface area contributed by atoms with E-state index < -0.39 is 0 Å². The molecule has 0 amide bonds. The summed E-state index contributed by atoms with van der Waals surface area (Å²) < 4.78 is 5.23. The van der Waals surface area contributed by atoms with Crippen LogP contribution in [-0.2, 0) is 6.42 Å². The number of rotatable bonds is 5. The van der Waals surface area contributed by atoms with E-state index in [0.717, 1.165) is 12.0 Å². The number of halogens is 2. The molecule has 108 valence electrons. The molecule has 20 heavy (non-hydrogen) atoms. The number of nitrogens with zero attached hydrogens (tertiary/aromatic N) is 2. The maximum absolute atomic E-state index is 6.06. The van der Waals surface area contributed by atoms with Crippen LogP contribution in [0, 0.1) is 5.92 Å². The van der Waals surface area contributed by atoms with Crippen molar-refractivity contribution in [2.45, 2.75) is 32.7 Å². The van der Waals surface area contributed by atoms with Crippen molar-refractivity contribution < 1.29 is 4.52 Å². The summed E-state index contributed by atoms with van der Waals surface area (Å²) in [6.07, 6.45) is 1.50. The zero-order valence-corrected chi connectivity index (χ0v) is 12.9. The first-order valence-corrected chi connectivity index (χ1v) is 7.28. The molecule has 2 N–H and O–H groups in total. The summed E-state index contributed by atoms with van der Waals surface area (Å²) in [5, 5.41) is 5.01. The Bertz CT molecular complexity index is 586. The minimum atomic E-state index is -0.227. The van der Waals surface area contributed by atoms with Gasteiger partial charge in [-0.1, -0.05) is 54.7 Å². The van der Waals surface area contributed by atoms with Gasteiger partial charge >= 0.3 is 0 Å². The maximum atomic E-state index is 6.06. The van der Waals surface area contributed by atoms with Gasteiger partial charge in [0.1, 0.15) is 0 Å². The molecular formula is C14H17Cl2N3O. The maximum Gasteiger partial charge on any atom is 0.243 e. The van der Waals surface area contributed by atoms with Crippen molar-refractivity contribution in [3.63, 3.8) is 0 Å². The Balaban J connectivity index is 2.11. The van der Waals surface area contributed by atoms with Crippen LogP contribution in [-0.4, -0.2) is 10.1 Å². The summed E-state index contributed by atoms with van der Waals surface area (Å²) in [4.78, 5) is 4.35. The van der Waals surface area contributed by atoms with Crippen LogP contribution in [0.5, 0.6) is 0 Å². The van der Waals surface area contributed by atoms with Crippen LogP contribution in [0.3, 0.4) is 0 Å². The Kier molecular flexibility index (Phi) is 5.02. The average Bonchev–Trinajstić information content (AvgIpc) is 2.89. The molecule has 2 unspecified atom stereocenters. The molecule has 2 atom stereocenters. The lowest BCUT2D eigenvalue weighted by atomic mass is 10.0. The van der Waals surface area contributed by atoms with Gasteiger partial charge in [0.25, 0.3) is 0 Å². The highest BCUT2D eigenvalue weighted by Gasteiger charge is 2.20. The number of hydrogen-bond acceptors (Lipinski definition) is 4. The number of nitrogens with two attached hydrogens (primary N) is 1. The molecule has 0 fully saturated rings. The van der Waals surface area contributed by atoms with E-state index in [4.69, 9.17) is 33.5 Å². The SMILES string of the molecule is CCC(C)C(N)c1nc(Cc2ccc(Cl)c(Cl)c2)no1. The summed E-state index contributed by atoms with van der Waals surface area (Å²) >= 11 is 11.9. The molecule has 0 saturated carbocycles. The molecule has 1 aromatic heterocycles. The molecular weight excluding hydrogens is 297 g/mol. The summed E-state index contributed by atoms with van der Waals surface area (Å²) in [5.41, 5.74) is 7.04. The first kappa shape index (κ1) is 15.3. The van der Waals surface area contributed by atoms with Gasteiger partial charge in [0.2, 0.25) is 5.89 Å². The zero-order chi connectivity index (χ0) is 14.7. The molecule has 0 saturated heterocycles. The van der Waals surface area contributed by atoms with Gasteiger partial charge in [0.15, 0.2) is 5.82 Å². The Morgan fingerprint density at radius 2 is 2.05 bits per heavy atom. The predicted octanol–water partition coefficient (Wildman–Crippen LogP) is 4.01. The lowest BCUT2D eigenvalue weighted by Gasteiger charge is -2.12. The summed E-state index contributed by atoms with van der Waals surface area (Å²) in [6.45, 7) is 4.14. The average molecular weight is 314 g/mol. The molecule has 2 aromatic rings. The molecule has 2 rings (SSSR count).